The molecule has 1 saturated carbocycles. The van der Waals surface area contributed by atoms with Crippen molar-refractivity contribution in [2.75, 3.05) is 0 Å². The molecule has 3 heterocycles. The fraction of sp³-hybridized carbons (Fsp3) is 0.250. The molecule has 3 aromatic heterocycles. The molecule has 4 aromatic rings. The molecule has 0 saturated heterocycles. The van der Waals surface area contributed by atoms with Gasteiger partial charge in [0.25, 0.3) is 11.6 Å². The predicted octanol–water partition coefficient (Wildman–Crippen LogP) is 4.80. The Morgan fingerprint density at radius 2 is 2.00 bits per heavy atom. The zero-order valence-corrected chi connectivity index (χ0v) is 17.3. The first-order valence-corrected chi connectivity index (χ1v) is 10.5. The highest BCUT2D eigenvalue weighted by molar-refractivity contribution is 6.07. The number of hydrogen-bond donors (Lipinski definition) is 1. The van der Waals surface area contributed by atoms with Crippen LogP contribution in [0.2, 0.25) is 0 Å². The van der Waals surface area contributed by atoms with E-state index < -0.39 is 17.7 Å². The average Bonchev–Trinajstić information content (AvgIpc) is 3.55. The van der Waals surface area contributed by atoms with E-state index in [0.717, 1.165) is 24.1 Å². The second-order valence-corrected chi connectivity index (χ2v) is 8.10. The Labute approximate surface area is 182 Å². The van der Waals surface area contributed by atoms with Crippen molar-refractivity contribution in [1.82, 2.24) is 20.4 Å². The Morgan fingerprint density at radius 3 is 2.69 bits per heavy atom. The molecule has 5 rings (SSSR count). The van der Waals surface area contributed by atoms with Crippen LogP contribution in [0.5, 0.6) is 0 Å². The van der Waals surface area contributed by atoms with E-state index in [4.69, 9.17) is 4.52 Å². The highest BCUT2D eigenvalue weighted by atomic mass is 19.1. The van der Waals surface area contributed by atoms with E-state index in [9.17, 15) is 13.6 Å². The van der Waals surface area contributed by atoms with Crippen LogP contribution < -0.4 is 5.32 Å². The molecule has 1 aliphatic rings. The van der Waals surface area contributed by atoms with Gasteiger partial charge in [0.2, 0.25) is 0 Å². The SMILES string of the molecule is CC(Cc1c(F)cccc1F)NC(=O)c1cc(-c2cccnc2)nc2onc(C3CC3)c12. The van der Waals surface area contributed by atoms with Crippen LogP contribution in [-0.2, 0) is 6.42 Å². The molecular weight excluding hydrogens is 414 g/mol. The maximum Gasteiger partial charge on any atom is 0.259 e. The van der Waals surface area contributed by atoms with E-state index in [2.05, 4.69) is 20.4 Å². The molecule has 1 unspecified atom stereocenters. The summed E-state index contributed by atoms with van der Waals surface area (Å²) in [5.41, 5.74) is 2.59. The Balaban J connectivity index is 1.50. The molecule has 1 amide bonds. The van der Waals surface area contributed by atoms with Crippen LogP contribution in [0.4, 0.5) is 8.78 Å². The van der Waals surface area contributed by atoms with Gasteiger partial charge in [0.1, 0.15) is 11.6 Å². The third kappa shape index (κ3) is 3.84. The standard InChI is InChI=1S/C24H20F2N4O2/c1-13(10-16-18(25)5-2-6-19(16)26)28-23(31)17-11-20(15-4-3-9-27-12-15)29-24-21(17)22(30-32-24)14-7-8-14/h2-6,9,11-14H,7-8,10H2,1H3,(H,28,31). The molecule has 1 atom stereocenters. The van der Waals surface area contributed by atoms with Crippen LogP contribution in [-0.4, -0.2) is 27.1 Å². The summed E-state index contributed by atoms with van der Waals surface area (Å²) < 4.78 is 33.6. The molecule has 1 aromatic carbocycles. The lowest BCUT2D eigenvalue weighted by atomic mass is 10.0. The van der Waals surface area contributed by atoms with E-state index in [1.807, 2.05) is 6.07 Å². The summed E-state index contributed by atoms with van der Waals surface area (Å²) in [4.78, 5) is 21.9. The topological polar surface area (TPSA) is 80.9 Å². The molecule has 1 aliphatic carbocycles. The van der Waals surface area contributed by atoms with E-state index >= 15 is 0 Å². The summed E-state index contributed by atoms with van der Waals surface area (Å²) in [6.07, 6.45) is 5.29. The molecule has 162 valence electrons. The highest BCUT2D eigenvalue weighted by Gasteiger charge is 2.32. The van der Waals surface area contributed by atoms with Crippen LogP contribution in [0, 0.1) is 11.6 Å². The minimum Gasteiger partial charge on any atom is -0.349 e. The molecule has 0 aliphatic heterocycles. The van der Waals surface area contributed by atoms with Gasteiger partial charge in [-0.25, -0.2) is 13.8 Å². The smallest absolute Gasteiger partial charge is 0.259 e. The molecule has 0 bridgehead atoms. The zero-order valence-electron chi connectivity index (χ0n) is 17.3. The average molecular weight is 434 g/mol. The van der Waals surface area contributed by atoms with Crippen molar-refractivity contribution in [3.8, 4) is 11.3 Å². The fourth-order valence-electron chi connectivity index (χ4n) is 3.84. The molecule has 6 nitrogen and oxygen atoms in total. The fourth-order valence-corrected chi connectivity index (χ4v) is 3.84. The Bertz CT molecular complexity index is 1280. The second kappa shape index (κ2) is 8.11. The summed E-state index contributed by atoms with van der Waals surface area (Å²) in [6.45, 7) is 1.71. The molecule has 1 fully saturated rings. The van der Waals surface area contributed by atoms with Crippen molar-refractivity contribution in [2.45, 2.75) is 38.1 Å². The molecule has 0 radical (unpaired) electrons. The number of aromatic nitrogens is 3. The molecule has 8 heteroatoms. The van der Waals surface area contributed by atoms with Crippen LogP contribution in [0.1, 0.15) is 47.3 Å². The van der Waals surface area contributed by atoms with Crippen molar-refractivity contribution in [1.29, 1.82) is 0 Å². The Kier molecular flexibility index (Phi) is 5.13. The van der Waals surface area contributed by atoms with E-state index in [1.165, 1.54) is 18.2 Å². The first-order valence-electron chi connectivity index (χ1n) is 10.5. The normalized spacial score (nSPS) is 14.5. The van der Waals surface area contributed by atoms with Crippen LogP contribution in [0.25, 0.3) is 22.4 Å². The third-order valence-corrected chi connectivity index (χ3v) is 5.59. The van der Waals surface area contributed by atoms with Gasteiger partial charge in [-0.05, 0) is 56.5 Å². The Hall–Kier alpha value is -3.68. The highest BCUT2D eigenvalue weighted by Crippen LogP contribution is 2.43. The number of nitrogens with one attached hydrogen (secondary N) is 1. The monoisotopic (exact) mass is 434 g/mol. The van der Waals surface area contributed by atoms with Gasteiger partial charge in [-0.3, -0.25) is 9.78 Å². The lowest BCUT2D eigenvalue weighted by molar-refractivity contribution is 0.0941. The summed E-state index contributed by atoms with van der Waals surface area (Å²) >= 11 is 0. The number of pyridine rings is 2. The third-order valence-electron chi connectivity index (χ3n) is 5.59. The van der Waals surface area contributed by atoms with Crippen LogP contribution >= 0.6 is 0 Å². The van der Waals surface area contributed by atoms with Crippen molar-refractivity contribution >= 4 is 17.0 Å². The minimum absolute atomic E-state index is 0.0209. The molecular formula is C24H20F2N4O2. The van der Waals surface area contributed by atoms with Gasteiger partial charge >= 0.3 is 0 Å². The second-order valence-electron chi connectivity index (χ2n) is 8.10. The van der Waals surface area contributed by atoms with Gasteiger partial charge in [0.15, 0.2) is 0 Å². The molecule has 0 spiro atoms. The number of carbonyl (C=O) groups is 1. The lowest BCUT2D eigenvalue weighted by Crippen LogP contribution is -2.34. The van der Waals surface area contributed by atoms with E-state index in [1.54, 1.807) is 31.5 Å². The first-order chi connectivity index (χ1) is 15.5. The quantitative estimate of drug-likeness (QED) is 0.471. The van der Waals surface area contributed by atoms with Gasteiger partial charge in [-0.2, -0.15) is 0 Å². The number of carbonyl (C=O) groups excluding carboxylic acids is 1. The van der Waals surface area contributed by atoms with Gasteiger partial charge in [-0.15, -0.1) is 0 Å². The van der Waals surface area contributed by atoms with Crippen LogP contribution in [0.15, 0.2) is 53.3 Å². The number of hydrogen-bond acceptors (Lipinski definition) is 5. The number of fused-ring (bicyclic) bond motifs is 1. The van der Waals surface area contributed by atoms with Crippen molar-refractivity contribution in [2.24, 2.45) is 0 Å². The number of nitrogens with zero attached hydrogens (tertiary/aromatic N) is 3. The van der Waals surface area contributed by atoms with Crippen LogP contribution in [0.3, 0.4) is 0 Å². The zero-order chi connectivity index (χ0) is 22.2. The summed E-state index contributed by atoms with van der Waals surface area (Å²) in [5.74, 6) is -1.40. The summed E-state index contributed by atoms with van der Waals surface area (Å²) in [6, 6.07) is 8.53. The van der Waals surface area contributed by atoms with Gasteiger partial charge in [-0.1, -0.05) is 11.2 Å². The summed E-state index contributed by atoms with van der Waals surface area (Å²) in [5, 5.41) is 7.62. The van der Waals surface area contributed by atoms with Crippen molar-refractivity contribution in [3.63, 3.8) is 0 Å². The van der Waals surface area contributed by atoms with Gasteiger partial charge < -0.3 is 9.84 Å². The number of rotatable bonds is 6. The number of halogens is 2. The van der Waals surface area contributed by atoms with Crippen molar-refractivity contribution in [3.05, 3.63) is 77.2 Å². The minimum atomic E-state index is -0.633. The largest absolute Gasteiger partial charge is 0.349 e. The number of amides is 1. The van der Waals surface area contributed by atoms with Gasteiger partial charge in [0, 0.05) is 35.5 Å². The Morgan fingerprint density at radius 1 is 1.22 bits per heavy atom. The maximum absolute atomic E-state index is 14.0. The lowest BCUT2D eigenvalue weighted by Gasteiger charge is -2.16. The predicted molar refractivity (Wildman–Crippen MR) is 114 cm³/mol. The number of benzene rings is 1. The van der Waals surface area contributed by atoms with Crippen molar-refractivity contribution < 1.29 is 18.1 Å². The van der Waals surface area contributed by atoms with E-state index in [-0.39, 0.29) is 29.5 Å². The summed E-state index contributed by atoms with van der Waals surface area (Å²) in [7, 11) is 0. The maximum atomic E-state index is 14.0. The molecule has 32 heavy (non-hydrogen) atoms. The first kappa shape index (κ1) is 20.2. The molecule has 1 N–H and O–H groups in total. The van der Waals surface area contributed by atoms with E-state index in [0.29, 0.717) is 16.6 Å². The van der Waals surface area contributed by atoms with Gasteiger partial charge in [0.05, 0.1) is 22.3 Å².